The SMILES string of the molecule is CCOC(=O)c1cccc(Nc2ncnc(Nc3ccccc3Cl)c2N)c1. The largest absolute Gasteiger partial charge is 0.462 e. The highest BCUT2D eigenvalue weighted by Gasteiger charge is 2.12. The number of rotatable bonds is 6. The van der Waals surface area contributed by atoms with Crippen molar-refractivity contribution < 1.29 is 9.53 Å². The van der Waals surface area contributed by atoms with E-state index < -0.39 is 5.97 Å². The number of hydrogen-bond donors (Lipinski definition) is 3. The summed E-state index contributed by atoms with van der Waals surface area (Å²) in [6.45, 7) is 2.07. The highest BCUT2D eigenvalue weighted by molar-refractivity contribution is 6.33. The Kier molecular flexibility index (Phi) is 5.73. The predicted molar refractivity (Wildman–Crippen MR) is 107 cm³/mol. The van der Waals surface area contributed by atoms with Crippen LogP contribution in [0.2, 0.25) is 5.02 Å². The van der Waals surface area contributed by atoms with E-state index in [1.54, 1.807) is 37.3 Å². The number of benzene rings is 2. The molecule has 27 heavy (non-hydrogen) atoms. The number of aromatic nitrogens is 2. The summed E-state index contributed by atoms with van der Waals surface area (Å²) in [6.07, 6.45) is 1.38. The molecule has 7 nitrogen and oxygen atoms in total. The van der Waals surface area contributed by atoms with Gasteiger partial charge in [-0.15, -0.1) is 0 Å². The topological polar surface area (TPSA) is 102 Å². The summed E-state index contributed by atoms with van der Waals surface area (Å²) in [5.41, 5.74) is 8.27. The third-order valence-corrected chi connectivity index (χ3v) is 3.98. The molecular formula is C19H18ClN5O2. The van der Waals surface area contributed by atoms with Crippen molar-refractivity contribution in [3.8, 4) is 0 Å². The van der Waals surface area contributed by atoms with Crippen molar-refractivity contribution in [1.29, 1.82) is 0 Å². The molecular weight excluding hydrogens is 366 g/mol. The lowest BCUT2D eigenvalue weighted by atomic mass is 10.2. The standard InChI is InChI=1S/C19H18ClN5O2/c1-2-27-19(26)12-6-5-7-13(10-12)24-17-16(21)18(23-11-22-17)25-15-9-4-3-8-14(15)20/h3-11H,2,21H2,1H3,(H2,22,23,24,25). The van der Waals surface area contributed by atoms with Crippen molar-refractivity contribution in [3.63, 3.8) is 0 Å². The van der Waals surface area contributed by atoms with Gasteiger partial charge in [0.1, 0.15) is 12.0 Å². The maximum atomic E-state index is 11.9. The molecule has 3 aromatic rings. The number of anilines is 5. The molecule has 0 saturated heterocycles. The van der Waals surface area contributed by atoms with Crippen LogP contribution in [0.1, 0.15) is 17.3 Å². The smallest absolute Gasteiger partial charge is 0.338 e. The van der Waals surface area contributed by atoms with Crippen molar-refractivity contribution in [2.75, 3.05) is 23.0 Å². The summed E-state index contributed by atoms with van der Waals surface area (Å²) >= 11 is 6.16. The number of carbonyl (C=O) groups is 1. The molecule has 1 heterocycles. The monoisotopic (exact) mass is 383 g/mol. The van der Waals surface area contributed by atoms with Crippen LogP contribution < -0.4 is 16.4 Å². The first-order valence-corrected chi connectivity index (χ1v) is 8.62. The molecule has 4 N–H and O–H groups in total. The highest BCUT2D eigenvalue weighted by Crippen LogP contribution is 2.30. The summed E-state index contributed by atoms with van der Waals surface area (Å²) in [7, 11) is 0. The second-order valence-corrected chi connectivity index (χ2v) is 5.92. The normalized spacial score (nSPS) is 10.3. The van der Waals surface area contributed by atoms with Crippen LogP contribution in [0.15, 0.2) is 54.9 Å². The molecule has 0 atom stereocenters. The second kappa shape index (κ2) is 8.37. The molecule has 0 amide bonds. The lowest BCUT2D eigenvalue weighted by Crippen LogP contribution is -2.07. The van der Waals surface area contributed by atoms with Gasteiger partial charge in [0.15, 0.2) is 11.6 Å². The van der Waals surface area contributed by atoms with Gasteiger partial charge in [0, 0.05) is 5.69 Å². The van der Waals surface area contributed by atoms with Crippen molar-refractivity contribution >= 4 is 46.3 Å². The summed E-state index contributed by atoms with van der Waals surface area (Å²) in [5.74, 6) is 0.431. The van der Waals surface area contributed by atoms with Crippen LogP contribution in [0.4, 0.5) is 28.7 Å². The number of hydrogen-bond acceptors (Lipinski definition) is 7. The molecule has 3 rings (SSSR count). The molecule has 0 radical (unpaired) electrons. The van der Waals surface area contributed by atoms with E-state index >= 15 is 0 Å². The highest BCUT2D eigenvalue weighted by atomic mass is 35.5. The fraction of sp³-hybridized carbons (Fsp3) is 0.105. The molecule has 0 aliphatic carbocycles. The Bertz CT molecular complexity index is 964. The minimum atomic E-state index is -0.391. The average Bonchev–Trinajstić information content (AvgIpc) is 2.67. The van der Waals surface area contributed by atoms with Gasteiger partial charge in [0.25, 0.3) is 0 Å². The summed E-state index contributed by atoms with van der Waals surface area (Å²) < 4.78 is 5.01. The Morgan fingerprint density at radius 2 is 1.85 bits per heavy atom. The minimum absolute atomic E-state index is 0.312. The Hall–Kier alpha value is -3.32. The first-order chi connectivity index (χ1) is 13.1. The Balaban J connectivity index is 1.83. The Labute approximate surface area is 161 Å². The van der Waals surface area contributed by atoms with Gasteiger partial charge in [0.2, 0.25) is 0 Å². The number of nitrogens with zero attached hydrogens (tertiary/aromatic N) is 2. The van der Waals surface area contributed by atoms with Gasteiger partial charge in [-0.1, -0.05) is 29.8 Å². The van der Waals surface area contributed by atoms with Crippen molar-refractivity contribution in [3.05, 3.63) is 65.4 Å². The van der Waals surface area contributed by atoms with Crippen LogP contribution >= 0.6 is 11.6 Å². The fourth-order valence-corrected chi connectivity index (χ4v) is 2.54. The second-order valence-electron chi connectivity index (χ2n) is 5.52. The van der Waals surface area contributed by atoms with E-state index in [1.165, 1.54) is 6.33 Å². The van der Waals surface area contributed by atoms with Gasteiger partial charge in [-0.2, -0.15) is 0 Å². The number of ether oxygens (including phenoxy) is 1. The van der Waals surface area contributed by atoms with Crippen LogP contribution in [0.5, 0.6) is 0 Å². The van der Waals surface area contributed by atoms with E-state index in [9.17, 15) is 4.79 Å². The first kappa shape index (κ1) is 18.5. The molecule has 0 unspecified atom stereocenters. The number of para-hydroxylation sites is 1. The van der Waals surface area contributed by atoms with Gasteiger partial charge in [-0.3, -0.25) is 0 Å². The van der Waals surface area contributed by atoms with Gasteiger partial charge >= 0.3 is 5.97 Å². The molecule has 1 aromatic heterocycles. The molecule has 138 valence electrons. The van der Waals surface area contributed by atoms with Gasteiger partial charge in [-0.25, -0.2) is 14.8 Å². The number of carbonyl (C=O) groups excluding carboxylic acids is 1. The van der Waals surface area contributed by atoms with Gasteiger partial charge < -0.3 is 21.1 Å². The number of halogens is 1. The van der Waals surface area contributed by atoms with Crippen molar-refractivity contribution in [1.82, 2.24) is 9.97 Å². The van der Waals surface area contributed by atoms with E-state index in [2.05, 4.69) is 20.6 Å². The van der Waals surface area contributed by atoms with Crippen LogP contribution in [0.25, 0.3) is 0 Å². The molecule has 2 aromatic carbocycles. The minimum Gasteiger partial charge on any atom is -0.462 e. The Morgan fingerprint density at radius 1 is 1.11 bits per heavy atom. The summed E-state index contributed by atoms with van der Waals surface area (Å²) in [4.78, 5) is 20.2. The zero-order chi connectivity index (χ0) is 19.2. The molecule has 0 bridgehead atoms. The maximum absolute atomic E-state index is 11.9. The molecule has 0 aliphatic heterocycles. The first-order valence-electron chi connectivity index (χ1n) is 8.24. The lowest BCUT2D eigenvalue weighted by molar-refractivity contribution is 0.0526. The third kappa shape index (κ3) is 4.45. The van der Waals surface area contributed by atoms with E-state index in [1.807, 2.05) is 18.2 Å². The van der Waals surface area contributed by atoms with Crippen LogP contribution in [0.3, 0.4) is 0 Å². The molecule has 0 fully saturated rings. The van der Waals surface area contributed by atoms with Gasteiger partial charge in [0.05, 0.1) is 22.9 Å². The summed E-state index contributed by atoms with van der Waals surface area (Å²) in [6, 6.07) is 14.2. The zero-order valence-corrected chi connectivity index (χ0v) is 15.3. The van der Waals surface area contributed by atoms with Gasteiger partial charge in [-0.05, 0) is 37.3 Å². The Morgan fingerprint density at radius 3 is 2.59 bits per heavy atom. The number of nitrogen functional groups attached to an aromatic ring is 1. The fourth-order valence-electron chi connectivity index (χ4n) is 2.36. The van der Waals surface area contributed by atoms with Crippen LogP contribution in [0, 0.1) is 0 Å². The number of nitrogens with two attached hydrogens (primary N) is 1. The van der Waals surface area contributed by atoms with Crippen molar-refractivity contribution in [2.45, 2.75) is 6.92 Å². The lowest BCUT2D eigenvalue weighted by Gasteiger charge is -2.13. The maximum Gasteiger partial charge on any atom is 0.338 e. The molecule has 0 saturated carbocycles. The summed E-state index contributed by atoms with van der Waals surface area (Å²) in [5, 5.41) is 6.73. The van der Waals surface area contributed by atoms with Crippen LogP contribution in [-0.4, -0.2) is 22.5 Å². The molecule has 0 spiro atoms. The average molecular weight is 384 g/mol. The van der Waals surface area contributed by atoms with E-state index in [4.69, 9.17) is 22.1 Å². The number of esters is 1. The molecule has 8 heteroatoms. The van der Waals surface area contributed by atoms with E-state index in [0.717, 1.165) is 0 Å². The van der Waals surface area contributed by atoms with Crippen LogP contribution in [-0.2, 0) is 4.74 Å². The number of nitrogens with one attached hydrogen (secondary N) is 2. The van der Waals surface area contributed by atoms with E-state index in [-0.39, 0.29) is 0 Å². The molecule has 0 aliphatic rings. The quantitative estimate of drug-likeness (QED) is 0.543. The van der Waals surface area contributed by atoms with Crippen molar-refractivity contribution in [2.24, 2.45) is 0 Å². The van der Waals surface area contributed by atoms with E-state index in [0.29, 0.717) is 45.9 Å². The zero-order valence-electron chi connectivity index (χ0n) is 14.6. The predicted octanol–water partition coefficient (Wildman–Crippen LogP) is 4.38. The third-order valence-electron chi connectivity index (χ3n) is 3.65.